The van der Waals surface area contributed by atoms with Crippen LogP contribution in [0.4, 0.5) is 0 Å². The van der Waals surface area contributed by atoms with Gasteiger partial charge in [-0.15, -0.1) is 0 Å². The van der Waals surface area contributed by atoms with Crippen molar-refractivity contribution >= 4 is 5.91 Å². The number of nitrogens with one attached hydrogen (secondary N) is 1. The average Bonchev–Trinajstić information content (AvgIpc) is 2.69. The van der Waals surface area contributed by atoms with Crippen LogP contribution >= 0.6 is 0 Å². The fourth-order valence-electron chi connectivity index (χ4n) is 4.07. The number of nitrogens with zero attached hydrogens (tertiary/aromatic N) is 2. The summed E-state index contributed by atoms with van der Waals surface area (Å²) in [5.41, 5.74) is 1.52. The van der Waals surface area contributed by atoms with Crippen molar-refractivity contribution in [2.24, 2.45) is 0 Å². The van der Waals surface area contributed by atoms with Crippen LogP contribution in [0.25, 0.3) is 0 Å². The minimum absolute atomic E-state index is 0.0335. The van der Waals surface area contributed by atoms with Gasteiger partial charge in [0.1, 0.15) is 11.4 Å². The first-order valence-electron chi connectivity index (χ1n) is 9.40. The molecule has 0 unspecified atom stereocenters. The quantitative estimate of drug-likeness (QED) is 0.923. The Kier molecular flexibility index (Phi) is 4.64. The number of carbonyl (C=O) groups excluding carboxylic acids is 1. The number of benzene rings is 1. The molecule has 0 aliphatic carbocycles. The number of fused-ring (bicyclic) bond motifs is 1. The molecule has 1 aromatic carbocycles. The van der Waals surface area contributed by atoms with Gasteiger partial charge in [0.05, 0.1) is 6.04 Å². The van der Waals surface area contributed by atoms with E-state index >= 15 is 0 Å². The number of hydrogen-bond acceptors (Lipinski definition) is 4. The number of ether oxygens (including phenoxy) is 1. The van der Waals surface area contributed by atoms with Crippen LogP contribution in [0, 0.1) is 0 Å². The molecule has 2 aromatic rings. The number of piperidine rings is 1. The standard InChI is InChI=1S/C21H25N3O2/c1-2-24-13-9-21(10-14-24)15-18(17-5-3-4-6-19(17)26-21)23-20(25)16-7-11-22-12-8-16/h3-8,11-12,18H,2,9-10,13-15H2,1H3,(H,23,25)/t18-/m1/s1. The highest BCUT2D eigenvalue weighted by molar-refractivity contribution is 5.94. The van der Waals surface area contributed by atoms with E-state index in [-0.39, 0.29) is 17.6 Å². The predicted molar refractivity (Wildman–Crippen MR) is 100 cm³/mol. The van der Waals surface area contributed by atoms with Crippen LogP contribution in [0.2, 0.25) is 0 Å². The van der Waals surface area contributed by atoms with Gasteiger partial charge in [-0.1, -0.05) is 25.1 Å². The lowest BCUT2D eigenvalue weighted by molar-refractivity contribution is -0.0235. The molecule has 0 bridgehead atoms. The molecule has 1 saturated heterocycles. The van der Waals surface area contributed by atoms with Crippen LogP contribution in [0.1, 0.15) is 48.1 Å². The van der Waals surface area contributed by atoms with Gasteiger partial charge in [0.25, 0.3) is 5.91 Å². The third-order valence-corrected chi connectivity index (χ3v) is 5.66. The Bertz CT molecular complexity index is 770. The summed E-state index contributed by atoms with van der Waals surface area (Å²) in [6.07, 6.45) is 6.11. The molecular weight excluding hydrogens is 326 g/mol. The molecule has 1 amide bonds. The van der Waals surface area contributed by atoms with Gasteiger partial charge in [0, 0.05) is 43.0 Å². The van der Waals surface area contributed by atoms with Crippen molar-refractivity contribution in [3.05, 3.63) is 59.9 Å². The summed E-state index contributed by atoms with van der Waals surface area (Å²) in [7, 11) is 0. The van der Waals surface area contributed by atoms with E-state index in [0.717, 1.165) is 50.2 Å². The van der Waals surface area contributed by atoms with Crippen LogP contribution in [-0.4, -0.2) is 41.0 Å². The number of pyridine rings is 1. The number of carbonyl (C=O) groups is 1. The van der Waals surface area contributed by atoms with Gasteiger partial charge >= 0.3 is 0 Å². The van der Waals surface area contributed by atoms with Crippen LogP contribution < -0.4 is 10.1 Å². The molecule has 0 radical (unpaired) electrons. The maximum Gasteiger partial charge on any atom is 0.251 e. The number of likely N-dealkylation sites (tertiary alicyclic amines) is 1. The van der Waals surface area contributed by atoms with E-state index in [4.69, 9.17) is 4.74 Å². The molecule has 3 heterocycles. The van der Waals surface area contributed by atoms with Crippen molar-refractivity contribution in [2.75, 3.05) is 19.6 Å². The highest BCUT2D eigenvalue weighted by Gasteiger charge is 2.43. The fraction of sp³-hybridized carbons (Fsp3) is 0.429. The van der Waals surface area contributed by atoms with Crippen molar-refractivity contribution in [3.63, 3.8) is 0 Å². The smallest absolute Gasteiger partial charge is 0.251 e. The van der Waals surface area contributed by atoms with Crippen LogP contribution in [0.15, 0.2) is 48.8 Å². The Morgan fingerprint density at radius 2 is 1.96 bits per heavy atom. The highest BCUT2D eigenvalue weighted by Crippen LogP contribution is 2.44. The Morgan fingerprint density at radius 3 is 2.69 bits per heavy atom. The minimum atomic E-state index is -0.184. The number of amides is 1. The highest BCUT2D eigenvalue weighted by atomic mass is 16.5. The zero-order valence-corrected chi connectivity index (χ0v) is 15.1. The zero-order valence-electron chi connectivity index (χ0n) is 15.1. The topological polar surface area (TPSA) is 54.5 Å². The monoisotopic (exact) mass is 351 g/mol. The second-order valence-electron chi connectivity index (χ2n) is 7.22. The van der Waals surface area contributed by atoms with E-state index < -0.39 is 0 Å². The number of para-hydroxylation sites is 1. The first-order chi connectivity index (χ1) is 12.7. The van der Waals surface area contributed by atoms with Gasteiger partial charge in [-0.2, -0.15) is 0 Å². The van der Waals surface area contributed by atoms with Gasteiger partial charge < -0.3 is 15.0 Å². The van der Waals surface area contributed by atoms with E-state index in [9.17, 15) is 4.79 Å². The van der Waals surface area contributed by atoms with Crippen molar-refractivity contribution in [1.82, 2.24) is 15.2 Å². The predicted octanol–water partition coefficient (Wildman–Crippen LogP) is 3.19. The van der Waals surface area contributed by atoms with Crippen molar-refractivity contribution in [2.45, 2.75) is 37.8 Å². The second-order valence-corrected chi connectivity index (χ2v) is 7.22. The molecule has 5 nitrogen and oxygen atoms in total. The molecule has 1 N–H and O–H groups in total. The molecule has 136 valence electrons. The van der Waals surface area contributed by atoms with Crippen LogP contribution in [0.3, 0.4) is 0 Å². The van der Waals surface area contributed by atoms with E-state index in [1.165, 1.54) is 0 Å². The first-order valence-corrected chi connectivity index (χ1v) is 9.40. The number of hydrogen-bond donors (Lipinski definition) is 1. The molecule has 1 aromatic heterocycles. The third-order valence-electron chi connectivity index (χ3n) is 5.66. The lowest BCUT2D eigenvalue weighted by Crippen LogP contribution is -2.52. The summed E-state index contributed by atoms with van der Waals surface area (Å²) in [6, 6.07) is 11.5. The maximum atomic E-state index is 12.7. The molecule has 1 atom stereocenters. The summed E-state index contributed by atoms with van der Waals surface area (Å²) >= 11 is 0. The average molecular weight is 351 g/mol. The van der Waals surface area contributed by atoms with Gasteiger partial charge in [-0.25, -0.2) is 0 Å². The number of rotatable bonds is 3. The molecule has 2 aliphatic heterocycles. The molecular formula is C21H25N3O2. The Morgan fingerprint density at radius 1 is 1.23 bits per heavy atom. The van der Waals surface area contributed by atoms with Crippen molar-refractivity contribution in [3.8, 4) is 5.75 Å². The lowest BCUT2D eigenvalue weighted by Gasteiger charge is -2.46. The normalized spacial score (nSPS) is 21.7. The fourth-order valence-corrected chi connectivity index (χ4v) is 4.07. The number of aromatic nitrogens is 1. The molecule has 26 heavy (non-hydrogen) atoms. The third kappa shape index (κ3) is 3.31. The van der Waals surface area contributed by atoms with E-state index in [2.05, 4.69) is 28.2 Å². The van der Waals surface area contributed by atoms with Gasteiger partial charge in [-0.05, 0) is 37.6 Å². The molecule has 0 saturated carbocycles. The van der Waals surface area contributed by atoms with Crippen LogP contribution in [-0.2, 0) is 0 Å². The Balaban J connectivity index is 1.58. The minimum Gasteiger partial charge on any atom is -0.487 e. The molecule has 1 fully saturated rings. The first kappa shape index (κ1) is 17.0. The van der Waals surface area contributed by atoms with Gasteiger partial charge in [0.15, 0.2) is 0 Å². The zero-order chi connectivity index (χ0) is 18.0. The van der Waals surface area contributed by atoms with Gasteiger partial charge in [0.2, 0.25) is 0 Å². The van der Waals surface area contributed by atoms with E-state index in [1.54, 1.807) is 24.5 Å². The molecule has 1 spiro atoms. The molecule has 4 rings (SSSR count). The van der Waals surface area contributed by atoms with Crippen molar-refractivity contribution < 1.29 is 9.53 Å². The molecule has 5 heteroatoms. The summed E-state index contributed by atoms with van der Waals surface area (Å²) in [4.78, 5) is 19.2. The van der Waals surface area contributed by atoms with Crippen LogP contribution in [0.5, 0.6) is 5.75 Å². The summed E-state index contributed by atoms with van der Waals surface area (Å²) < 4.78 is 6.48. The summed E-state index contributed by atoms with van der Waals surface area (Å²) in [5.74, 6) is 0.846. The van der Waals surface area contributed by atoms with Crippen molar-refractivity contribution in [1.29, 1.82) is 0 Å². The Hall–Kier alpha value is -2.40. The second kappa shape index (κ2) is 7.08. The van der Waals surface area contributed by atoms with Gasteiger partial charge in [-0.3, -0.25) is 9.78 Å². The van der Waals surface area contributed by atoms with E-state index in [1.807, 2.05) is 18.2 Å². The largest absolute Gasteiger partial charge is 0.487 e. The molecule has 2 aliphatic rings. The van der Waals surface area contributed by atoms with E-state index in [0.29, 0.717) is 5.56 Å². The summed E-state index contributed by atoms with van der Waals surface area (Å²) in [6.45, 7) is 5.37. The SMILES string of the molecule is CCN1CCC2(CC1)C[C@@H](NC(=O)c1ccncc1)c1ccccc1O2. The maximum absolute atomic E-state index is 12.7. The summed E-state index contributed by atoms with van der Waals surface area (Å²) in [5, 5.41) is 3.23. The Labute approximate surface area is 154 Å². The lowest BCUT2D eigenvalue weighted by atomic mass is 9.80.